The van der Waals surface area contributed by atoms with E-state index in [0.29, 0.717) is 42.5 Å². The van der Waals surface area contributed by atoms with Gasteiger partial charge in [-0.1, -0.05) is 163 Å². The van der Waals surface area contributed by atoms with Crippen molar-refractivity contribution in [3.63, 3.8) is 0 Å². The molecule has 1 fully saturated rings. The SMILES string of the molecule is C.CNC[C@@H]1c2onc(OCc3ccccc3)c2C(=O)[C@]2(O)C=C[C@H]1[C@@H](C)[C@H]2C.C[C@@H]1C=C[C@@H]2O[C@]2(C(=O)c2c(OCc3ccccc3)noc2CN(C)C)[C@@H]1C.C[C@@H]1[C@H](O)C=C[C@H]2[C@H](N(C)C)c3onc(OCc4ccccc4)c3C(=O)[C@@]12O. The first-order valence-corrected chi connectivity index (χ1v) is 28.7. The van der Waals surface area contributed by atoms with Crippen molar-refractivity contribution in [2.75, 3.05) is 41.8 Å². The van der Waals surface area contributed by atoms with E-state index in [1.54, 1.807) is 25.2 Å². The molecule has 19 heteroatoms. The Morgan fingerprint density at radius 2 is 1.19 bits per heavy atom. The third-order valence-corrected chi connectivity index (χ3v) is 18.0. The molecule has 452 valence electrons. The Morgan fingerprint density at radius 1 is 0.659 bits per heavy atom. The number of likely N-dealkylation sites (N-methyl/N-ethyl adjacent to an activating group) is 1. The number of nitrogens with zero attached hydrogens (tertiary/aromatic N) is 5. The molecule has 7 aliphatic rings. The van der Waals surface area contributed by atoms with E-state index < -0.39 is 52.4 Å². The zero-order chi connectivity index (χ0) is 59.8. The standard InChI is InChI=1S/2C22H26N2O4.C21H24N2O5.CH4/c1-14-10-11-18-22(27-18,15(14)2)20(25)19-17(12-24(3)4)28-23-21(19)26-13-16-8-6-5-7-9-16;1-13-14(2)22(26)10-9-16(13)17(11-23-3)19-18(20(22)25)21(24-28-19)27-12-15-7-5-4-6-8-15;1-12-15(24)10-9-14-17(23(2)3)18-16(19(25)21(12,14)26)20(22-28-18)27-11-13-7-5-4-6-8-13;/h5-11,14-15,18H,12-13H2,1-4H3;4-10,13-14,16-17,23,26H,11-12H2,1-3H3;4-10,12,14-15,17,24,26H,11H2,1-3H3;1H4/t14-,15-,18+,22-;13-,14+,16-,17-,22-;12-,14+,15-,17+,21-;/m101./s1. The van der Waals surface area contributed by atoms with Crippen LogP contribution in [0.1, 0.15) is 119 Å². The zero-order valence-electron chi connectivity index (χ0n) is 49.2. The van der Waals surface area contributed by atoms with Crippen LogP contribution in [0.5, 0.6) is 17.6 Å². The van der Waals surface area contributed by atoms with Crippen molar-refractivity contribution in [1.29, 1.82) is 0 Å². The fourth-order valence-corrected chi connectivity index (χ4v) is 12.6. The van der Waals surface area contributed by atoms with Gasteiger partial charge in [0.1, 0.15) is 53.8 Å². The highest BCUT2D eigenvalue weighted by Crippen LogP contribution is 2.55. The molecule has 4 N–H and O–H groups in total. The second kappa shape index (κ2) is 25.3. The van der Waals surface area contributed by atoms with Gasteiger partial charge in [0, 0.05) is 30.2 Å². The van der Waals surface area contributed by atoms with E-state index in [4.69, 9.17) is 32.5 Å². The van der Waals surface area contributed by atoms with Crippen LogP contribution in [-0.2, 0) is 31.1 Å². The molecule has 85 heavy (non-hydrogen) atoms. The van der Waals surface area contributed by atoms with Crippen molar-refractivity contribution in [2.24, 2.45) is 41.4 Å². The Bertz CT molecular complexity index is 3390. The molecule has 0 unspecified atom stereocenters. The summed E-state index contributed by atoms with van der Waals surface area (Å²) in [5.41, 5.74) is -0.474. The van der Waals surface area contributed by atoms with Crippen molar-refractivity contribution >= 4 is 17.3 Å². The molecule has 3 aromatic heterocycles. The monoisotopic (exact) mass is 1160 g/mol. The molecule has 14 atom stereocenters. The van der Waals surface area contributed by atoms with Crippen molar-refractivity contribution in [1.82, 2.24) is 30.6 Å². The molecule has 13 rings (SSSR count). The third-order valence-electron chi connectivity index (χ3n) is 18.0. The van der Waals surface area contributed by atoms with Gasteiger partial charge in [-0.3, -0.25) is 19.3 Å². The molecule has 19 nitrogen and oxygen atoms in total. The lowest BCUT2D eigenvalue weighted by Gasteiger charge is -2.48. The number of carbonyl (C=O) groups excluding carboxylic acids is 3. The number of aliphatic hydroxyl groups is 3. The first-order valence-electron chi connectivity index (χ1n) is 28.7. The molecule has 6 aromatic rings. The first kappa shape index (κ1) is 62.2. The number of epoxide rings is 1. The molecule has 0 saturated carbocycles. The van der Waals surface area contributed by atoms with Crippen LogP contribution in [0.25, 0.3) is 0 Å². The van der Waals surface area contributed by atoms with E-state index in [1.165, 1.54) is 0 Å². The van der Waals surface area contributed by atoms with Crippen LogP contribution < -0.4 is 19.5 Å². The smallest absolute Gasteiger partial charge is 0.265 e. The van der Waals surface area contributed by atoms with E-state index in [2.05, 4.69) is 47.6 Å². The summed E-state index contributed by atoms with van der Waals surface area (Å²) in [6.45, 7) is 11.8. The maximum atomic E-state index is 13.7. The van der Waals surface area contributed by atoms with E-state index in [0.717, 1.165) is 16.7 Å². The maximum absolute atomic E-state index is 13.7. The number of ether oxygens (including phenoxy) is 4. The molecular formula is C66H80N6O13. The van der Waals surface area contributed by atoms with E-state index >= 15 is 0 Å². The van der Waals surface area contributed by atoms with Crippen LogP contribution in [0.3, 0.4) is 0 Å². The number of carbonyl (C=O) groups is 3. The average Bonchev–Trinajstić information content (AvgIpc) is 1.93. The molecule has 1 saturated heterocycles. The first-order chi connectivity index (χ1) is 40.3. The van der Waals surface area contributed by atoms with Crippen molar-refractivity contribution in [3.8, 4) is 17.6 Å². The summed E-state index contributed by atoms with van der Waals surface area (Å²) in [6.07, 6.45) is 9.95. The maximum Gasteiger partial charge on any atom is 0.265 e. The Labute approximate surface area is 496 Å². The van der Waals surface area contributed by atoms with Gasteiger partial charge in [-0.25, -0.2) is 0 Å². The van der Waals surface area contributed by atoms with Gasteiger partial charge in [-0.05, 0) is 97.1 Å². The third kappa shape index (κ3) is 11.5. The summed E-state index contributed by atoms with van der Waals surface area (Å²) in [7, 11) is 9.41. The van der Waals surface area contributed by atoms with Crippen LogP contribution in [0, 0.1) is 41.4 Å². The summed E-state index contributed by atoms with van der Waals surface area (Å²) in [4.78, 5) is 44.3. The molecule has 6 aliphatic carbocycles. The van der Waals surface area contributed by atoms with Gasteiger partial charge in [-0.15, -0.1) is 0 Å². The van der Waals surface area contributed by atoms with Gasteiger partial charge in [0.2, 0.25) is 17.3 Å². The number of rotatable bonds is 16. The van der Waals surface area contributed by atoms with Gasteiger partial charge in [-0.2, -0.15) is 0 Å². The Morgan fingerprint density at radius 3 is 1.73 bits per heavy atom. The van der Waals surface area contributed by atoms with Gasteiger partial charge in [0.25, 0.3) is 17.6 Å². The highest BCUT2D eigenvalue weighted by Gasteiger charge is 2.68. The van der Waals surface area contributed by atoms with Gasteiger partial charge < -0.3 is 58.1 Å². The Hall–Kier alpha value is -7.36. The summed E-state index contributed by atoms with van der Waals surface area (Å²) < 4.78 is 40.2. The number of nitrogens with one attached hydrogen (secondary N) is 1. The number of allylic oxidation sites excluding steroid dienone is 2. The van der Waals surface area contributed by atoms with Crippen LogP contribution >= 0.6 is 0 Å². The minimum atomic E-state index is -1.77. The molecule has 3 aromatic carbocycles. The normalized spacial score (nSPS) is 30.0. The lowest BCUT2D eigenvalue weighted by molar-refractivity contribution is -0.0861. The highest BCUT2D eigenvalue weighted by atomic mass is 16.6. The number of hydrogen-bond donors (Lipinski definition) is 4. The second-order valence-electron chi connectivity index (χ2n) is 23.6. The van der Waals surface area contributed by atoms with Crippen LogP contribution in [0.2, 0.25) is 0 Å². The summed E-state index contributed by atoms with van der Waals surface area (Å²) in [6, 6.07) is 28.6. The van der Waals surface area contributed by atoms with E-state index in [9.17, 15) is 29.7 Å². The molecule has 1 aliphatic heterocycles. The highest BCUT2D eigenvalue weighted by molar-refractivity contribution is 6.09. The van der Waals surface area contributed by atoms with Gasteiger partial charge >= 0.3 is 0 Å². The fourth-order valence-electron chi connectivity index (χ4n) is 12.6. The van der Waals surface area contributed by atoms with Crippen molar-refractivity contribution < 1.29 is 62.2 Å². The topological polar surface area (TPSA) is 249 Å². The lowest BCUT2D eigenvalue weighted by Crippen LogP contribution is -2.61. The number of aliphatic hydroxyl groups excluding tert-OH is 1. The molecule has 2 bridgehead atoms. The predicted molar refractivity (Wildman–Crippen MR) is 316 cm³/mol. The average molecular weight is 1170 g/mol. The number of hydrogen-bond acceptors (Lipinski definition) is 19. The van der Waals surface area contributed by atoms with Crippen molar-refractivity contribution in [3.05, 3.63) is 178 Å². The second-order valence-corrected chi connectivity index (χ2v) is 23.6. The number of Topliss-reactive ketones (excluding diaryl/α,β-unsaturated/α-hetero) is 3. The number of fused-ring (bicyclic) bond motifs is 4. The predicted octanol–water partition coefficient (Wildman–Crippen LogP) is 9.02. The Kier molecular flexibility index (Phi) is 18.5. The van der Waals surface area contributed by atoms with Crippen LogP contribution in [0.15, 0.2) is 141 Å². The van der Waals surface area contributed by atoms with E-state index in [1.807, 2.05) is 155 Å². The lowest BCUT2D eigenvalue weighted by atomic mass is 9.61. The molecule has 0 amide bonds. The Balaban J connectivity index is 0.000000152. The zero-order valence-corrected chi connectivity index (χ0v) is 49.2. The summed E-state index contributed by atoms with van der Waals surface area (Å²) in [5.74, 6) is -0.134. The van der Waals surface area contributed by atoms with E-state index in [-0.39, 0.29) is 96.8 Å². The quantitative estimate of drug-likeness (QED) is 0.0401. The summed E-state index contributed by atoms with van der Waals surface area (Å²) in [5, 5.41) is 48.3. The number of benzene rings is 3. The number of aromatic nitrogens is 3. The van der Waals surface area contributed by atoms with Crippen LogP contribution in [-0.4, -0.2) is 129 Å². The van der Waals surface area contributed by atoms with Gasteiger partial charge in [0.15, 0.2) is 22.9 Å². The molecule has 0 radical (unpaired) electrons. The minimum absolute atomic E-state index is 0. The van der Waals surface area contributed by atoms with Gasteiger partial charge in [0.05, 0.1) is 18.7 Å². The van der Waals surface area contributed by atoms with Crippen molar-refractivity contribution in [2.45, 2.75) is 109 Å². The largest absolute Gasteiger partial charge is 0.470 e. The molecule has 4 heterocycles. The molecule has 0 spiro atoms. The number of ketones is 3. The molecular weight excluding hydrogens is 1080 g/mol. The minimum Gasteiger partial charge on any atom is -0.470 e. The fraction of sp³-hybridized carbons (Fsp3) is 0.455. The summed E-state index contributed by atoms with van der Waals surface area (Å²) >= 11 is 0. The van der Waals surface area contributed by atoms with Crippen LogP contribution in [0.4, 0.5) is 0 Å².